The molecule has 1 aliphatic rings. The molecule has 0 aromatic rings. The van der Waals surface area contributed by atoms with Crippen molar-refractivity contribution >= 4 is 11.9 Å². The summed E-state index contributed by atoms with van der Waals surface area (Å²) >= 11 is 0. The zero-order chi connectivity index (χ0) is 50.8. The standard InChI is InChI=1S/C65H126O5/c1-4-6-8-10-12-14-16-18-19-20-21-22-23-27-30-34-38-42-46-50-54-61(65(69)70)63(66)55-51-47-43-39-35-31-28-25-24-26-29-33-36-40-44-48-52-59-57-62(59)58(3)56-60(64(67)68)53-49-45-41-37-32-17-15-13-11-9-7-5-2/h58-63,66H,4-57H2,1-3H3,(H,67,68)(H,69,70)/t58-,59-,60?,61+,62+,63+/m0/s1. The van der Waals surface area contributed by atoms with Crippen LogP contribution in [-0.4, -0.2) is 33.4 Å². The molecular formula is C65H126O5. The number of aliphatic hydroxyl groups is 1. The molecule has 1 unspecified atom stereocenters. The molecule has 5 heteroatoms. The Labute approximate surface area is 438 Å². The lowest BCUT2D eigenvalue weighted by Crippen LogP contribution is -2.28. The van der Waals surface area contributed by atoms with Crippen molar-refractivity contribution in [1.29, 1.82) is 0 Å². The second-order valence-electron chi connectivity index (χ2n) is 23.8. The van der Waals surface area contributed by atoms with Crippen LogP contribution >= 0.6 is 0 Å². The van der Waals surface area contributed by atoms with Gasteiger partial charge in [0, 0.05) is 0 Å². The number of carbonyl (C=O) groups is 2. The number of rotatable bonds is 59. The lowest BCUT2D eigenvalue weighted by molar-refractivity contribution is -0.146. The Morgan fingerprint density at radius 3 is 0.943 bits per heavy atom. The van der Waals surface area contributed by atoms with E-state index in [0.717, 1.165) is 56.8 Å². The van der Waals surface area contributed by atoms with Crippen molar-refractivity contribution in [3.63, 3.8) is 0 Å². The third kappa shape index (κ3) is 43.3. The van der Waals surface area contributed by atoms with Crippen LogP contribution in [0.15, 0.2) is 0 Å². The van der Waals surface area contributed by atoms with Gasteiger partial charge in [-0.25, -0.2) is 0 Å². The normalized spacial score (nSPS) is 16.4. The summed E-state index contributed by atoms with van der Waals surface area (Å²) in [5, 5.41) is 30.4. The van der Waals surface area contributed by atoms with Crippen LogP contribution in [0.2, 0.25) is 0 Å². The monoisotopic (exact) mass is 987 g/mol. The fourth-order valence-corrected chi connectivity index (χ4v) is 12.0. The lowest BCUT2D eigenvalue weighted by Gasteiger charge is -2.19. The maximum Gasteiger partial charge on any atom is 0.309 e. The molecule has 0 bridgehead atoms. The van der Waals surface area contributed by atoms with Crippen LogP contribution in [0.25, 0.3) is 0 Å². The second kappa shape index (κ2) is 51.4. The first-order chi connectivity index (χ1) is 34.3. The third-order valence-electron chi connectivity index (χ3n) is 17.1. The smallest absolute Gasteiger partial charge is 0.309 e. The summed E-state index contributed by atoms with van der Waals surface area (Å²) in [6, 6.07) is 0. The molecule has 6 atom stereocenters. The Balaban J connectivity index is 1.86. The van der Waals surface area contributed by atoms with Crippen molar-refractivity contribution < 1.29 is 24.9 Å². The first-order valence-corrected chi connectivity index (χ1v) is 32.4. The molecule has 0 aromatic heterocycles. The van der Waals surface area contributed by atoms with Crippen LogP contribution in [0.4, 0.5) is 0 Å². The molecule has 0 radical (unpaired) electrons. The highest BCUT2D eigenvalue weighted by molar-refractivity contribution is 5.70. The fourth-order valence-electron chi connectivity index (χ4n) is 12.0. The highest BCUT2D eigenvalue weighted by Gasteiger charge is 2.41. The van der Waals surface area contributed by atoms with Gasteiger partial charge in [0.2, 0.25) is 0 Å². The number of aliphatic hydroxyl groups excluding tert-OH is 1. The van der Waals surface area contributed by atoms with Crippen LogP contribution in [0.5, 0.6) is 0 Å². The SMILES string of the molecule is CCCCCCCCCCCCCCCCCCCCCC[C@@H](C(=O)O)[C@H](O)CCCCCCCCCCCCCCCCCC[C@H]1C[C@@H]1[C@@H](C)CC(CCCCCCCCCCCCCC)C(=O)O. The highest BCUT2D eigenvalue weighted by Crippen LogP contribution is 2.49. The topological polar surface area (TPSA) is 94.8 Å². The first-order valence-electron chi connectivity index (χ1n) is 32.4. The summed E-state index contributed by atoms with van der Waals surface area (Å²) in [7, 11) is 0. The van der Waals surface area contributed by atoms with E-state index in [-0.39, 0.29) is 5.92 Å². The van der Waals surface area contributed by atoms with Crippen LogP contribution in [0.3, 0.4) is 0 Å². The molecular weight excluding hydrogens is 861 g/mol. The predicted molar refractivity (Wildman–Crippen MR) is 305 cm³/mol. The van der Waals surface area contributed by atoms with E-state index in [2.05, 4.69) is 20.8 Å². The Morgan fingerprint density at radius 2 is 0.643 bits per heavy atom. The van der Waals surface area contributed by atoms with Gasteiger partial charge in [0.25, 0.3) is 0 Å². The minimum absolute atomic E-state index is 0.136. The van der Waals surface area contributed by atoms with Gasteiger partial charge in [0.1, 0.15) is 0 Å². The third-order valence-corrected chi connectivity index (χ3v) is 17.1. The van der Waals surface area contributed by atoms with Crippen LogP contribution < -0.4 is 0 Å². The van der Waals surface area contributed by atoms with Gasteiger partial charge < -0.3 is 15.3 Å². The average molecular weight is 988 g/mol. The van der Waals surface area contributed by atoms with E-state index in [1.165, 1.54) is 289 Å². The zero-order valence-corrected chi connectivity index (χ0v) is 47.8. The number of hydrogen-bond acceptors (Lipinski definition) is 3. The molecule has 0 heterocycles. The van der Waals surface area contributed by atoms with E-state index >= 15 is 0 Å². The molecule has 1 fully saturated rings. The van der Waals surface area contributed by atoms with E-state index in [1.807, 2.05) is 0 Å². The molecule has 0 aromatic carbocycles. The van der Waals surface area contributed by atoms with Gasteiger partial charge in [-0.2, -0.15) is 0 Å². The van der Waals surface area contributed by atoms with Gasteiger partial charge >= 0.3 is 11.9 Å². The van der Waals surface area contributed by atoms with E-state index in [0.29, 0.717) is 18.8 Å². The second-order valence-corrected chi connectivity index (χ2v) is 23.8. The van der Waals surface area contributed by atoms with E-state index in [4.69, 9.17) is 0 Å². The number of carboxylic acids is 2. The predicted octanol–water partition coefficient (Wildman–Crippen LogP) is 21.7. The molecule has 0 aliphatic heterocycles. The summed E-state index contributed by atoms with van der Waals surface area (Å²) in [5.74, 6) is 0.108. The summed E-state index contributed by atoms with van der Waals surface area (Å²) in [6.45, 7) is 6.91. The van der Waals surface area contributed by atoms with E-state index in [9.17, 15) is 24.9 Å². The van der Waals surface area contributed by atoms with Crippen molar-refractivity contribution in [2.75, 3.05) is 0 Å². The van der Waals surface area contributed by atoms with Crippen LogP contribution in [0.1, 0.15) is 367 Å². The maximum atomic E-state index is 12.0. The van der Waals surface area contributed by atoms with Gasteiger partial charge in [0.15, 0.2) is 0 Å². The molecule has 5 nitrogen and oxygen atoms in total. The Hall–Kier alpha value is -1.10. The molecule has 70 heavy (non-hydrogen) atoms. The average Bonchev–Trinajstić information content (AvgIpc) is 4.13. The van der Waals surface area contributed by atoms with E-state index in [1.54, 1.807) is 0 Å². The largest absolute Gasteiger partial charge is 0.481 e. The van der Waals surface area contributed by atoms with Crippen molar-refractivity contribution in [2.24, 2.45) is 29.6 Å². The molecule has 0 spiro atoms. The Kier molecular flexibility index (Phi) is 49.1. The van der Waals surface area contributed by atoms with Gasteiger partial charge in [-0.3, -0.25) is 9.59 Å². The quantitative estimate of drug-likeness (QED) is 0.0528. The summed E-state index contributed by atoms with van der Waals surface area (Å²) < 4.78 is 0. The van der Waals surface area contributed by atoms with Crippen LogP contribution in [0, 0.1) is 29.6 Å². The first kappa shape index (κ1) is 66.9. The molecule has 0 saturated heterocycles. The van der Waals surface area contributed by atoms with Crippen molar-refractivity contribution in [1.82, 2.24) is 0 Å². The zero-order valence-electron chi connectivity index (χ0n) is 47.8. The van der Waals surface area contributed by atoms with Gasteiger partial charge in [-0.05, 0) is 49.9 Å². The molecule has 3 N–H and O–H groups in total. The minimum atomic E-state index is -0.811. The van der Waals surface area contributed by atoms with Crippen LogP contribution in [-0.2, 0) is 9.59 Å². The Bertz CT molecular complexity index is 1090. The van der Waals surface area contributed by atoms with Crippen molar-refractivity contribution in [3.8, 4) is 0 Å². The van der Waals surface area contributed by atoms with Crippen molar-refractivity contribution in [2.45, 2.75) is 374 Å². The summed E-state index contributed by atoms with van der Waals surface area (Å²) in [5.41, 5.74) is 0. The number of hydrogen-bond donors (Lipinski definition) is 3. The number of carboxylic acid groups (broad SMARTS) is 2. The molecule has 1 rings (SSSR count). The maximum absolute atomic E-state index is 12.0. The molecule has 0 amide bonds. The van der Waals surface area contributed by atoms with Gasteiger partial charge in [-0.15, -0.1) is 0 Å². The fraction of sp³-hybridized carbons (Fsp3) is 0.969. The molecule has 1 aliphatic carbocycles. The lowest BCUT2D eigenvalue weighted by atomic mass is 9.87. The molecule has 416 valence electrons. The number of unbranched alkanes of at least 4 members (excludes halogenated alkanes) is 45. The highest BCUT2D eigenvalue weighted by atomic mass is 16.4. The summed E-state index contributed by atoms with van der Waals surface area (Å²) in [4.78, 5) is 24.0. The van der Waals surface area contributed by atoms with E-state index < -0.39 is 24.0 Å². The Morgan fingerprint density at radius 1 is 0.371 bits per heavy atom. The molecule has 1 saturated carbocycles. The van der Waals surface area contributed by atoms with Crippen molar-refractivity contribution in [3.05, 3.63) is 0 Å². The number of aliphatic carboxylic acids is 2. The van der Waals surface area contributed by atoms with Gasteiger partial charge in [0.05, 0.1) is 17.9 Å². The van der Waals surface area contributed by atoms with Gasteiger partial charge in [-0.1, -0.05) is 335 Å². The summed E-state index contributed by atoms with van der Waals surface area (Å²) in [6.07, 6.45) is 68.9. The minimum Gasteiger partial charge on any atom is -0.481 e.